The van der Waals surface area contributed by atoms with E-state index >= 15 is 70.2 Å². The van der Waals surface area contributed by atoms with E-state index in [9.17, 15) is 17.6 Å². The normalized spacial score (nSPS) is 12.5. The van der Waals surface area contributed by atoms with Crippen molar-refractivity contribution in [3.05, 3.63) is 220 Å². The molecular formula is C62H20F20N6S2. The largest absolute Gasteiger partial charge is 0.354 e. The lowest BCUT2D eigenvalue weighted by Gasteiger charge is -2.11. The Labute approximate surface area is 495 Å². The Morgan fingerprint density at radius 3 is 0.622 bits per heavy atom. The van der Waals surface area contributed by atoms with Gasteiger partial charge < -0.3 is 9.97 Å². The molecule has 0 amide bonds. The first kappa shape index (κ1) is 58.8. The van der Waals surface area contributed by atoms with Gasteiger partial charge in [0, 0.05) is 55.4 Å². The summed E-state index contributed by atoms with van der Waals surface area (Å²) in [6, 6.07) is 7.07. The molecule has 2 N–H and O–H groups in total. The third-order valence-electron chi connectivity index (χ3n) is 14.5. The van der Waals surface area contributed by atoms with Crippen LogP contribution >= 0.6 is 22.7 Å². The van der Waals surface area contributed by atoms with Crippen LogP contribution in [0.25, 0.3) is 137 Å². The molecule has 0 saturated carbocycles. The van der Waals surface area contributed by atoms with E-state index in [1.807, 2.05) is 0 Å². The number of hydrogen-bond donors (Lipinski definition) is 2. The topological polar surface area (TPSA) is 83.1 Å². The van der Waals surface area contributed by atoms with Crippen molar-refractivity contribution >= 4 is 93.3 Å². The van der Waals surface area contributed by atoms with Crippen LogP contribution in [0.5, 0.6) is 0 Å². The zero-order valence-corrected chi connectivity index (χ0v) is 45.2. The number of aromatic amines is 2. The van der Waals surface area contributed by atoms with Gasteiger partial charge >= 0.3 is 0 Å². The number of nitrogens with zero attached hydrogens (tertiary/aromatic N) is 4. The van der Waals surface area contributed by atoms with Gasteiger partial charge in [-0.2, -0.15) is 22.7 Å². The molecule has 0 fully saturated rings. The Bertz CT molecular complexity index is 4760. The minimum Gasteiger partial charge on any atom is -0.354 e. The molecule has 90 heavy (non-hydrogen) atoms. The summed E-state index contributed by atoms with van der Waals surface area (Å²) >= 11 is 2.04. The number of nitrogens with one attached hydrogen (secondary N) is 2. The lowest BCUT2D eigenvalue weighted by atomic mass is 10.00. The average Bonchev–Trinajstić information content (AvgIpc) is 1.36. The highest BCUT2D eigenvalue weighted by Crippen LogP contribution is 2.46. The molecule has 4 aromatic carbocycles. The van der Waals surface area contributed by atoms with Crippen molar-refractivity contribution in [2.24, 2.45) is 0 Å². The number of hydrogen-bond acceptors (Lipinski definition) is 6. The highest BCUT2D eigenvalue weighted by Gasteiger charge is 2.36. The summed E-state index contributed by atoms with van der Waals surface area (Å²) in [5, 5.41) is 5.87. The highest BCUT2D eigenvalue weighted by atomic mass is 32.1. The fraction of sp³-hybridized carbons (Fsp3) is 0. The summed E-state index contributed by atoms with van der Waals surface area (Å²) in [4.78, 5) is 23.0. The van der Waals surface area contributed by atoms with Gasteiger partial charge in [0.05, 0.1) is 67.8 Å². The van der Waals surface area contributed by atoms with Crippen molar-refractivity contribution in [1.82, 2.24) is 29.9 Å². The molecule has 450 valence electrons. The summed E-state index contributed by atoms with van der Waals surface area (Å²) in [6.45, 7) is 0. The maximum absolute atomic E-state index is 16.4. The lowest BCUT2D eigenvalue weighted by molar-refractivity contribution is 0.381. The SMILES string of the molecule is Fc1c(F)c(F)c(-c2c3nc(c(-c4ccsc4)c4ccc([nH]4)c(-c4c(F)c(F)c(F)c(F)c4F)c4nc(c(-c5c(F)c(F)c(F)c(F)c5F)c5nc(c(-c6ccsc6)c6ccc([nH]6)c(-c6c(F)c(F)c(F)c(F)c6F)c6nc2C=C6)C=C5)C=C4)C=C3)c(F)c1F. The second kappa shape index (κ2) is 21.8. The summed E-state index contributed by atoms with van der Waals surface area (Å²) in [7, 11) is 0. The summed E-state index contributed by atoms with van der Waals surface area (Å²) < 4.78 is 313. The van der Waals surface area contributed by atoms with Crippen LogP contribution in [0.15, 0.2) is 57.9 Å². The van der Waals surface area contributed by atoms with E-state index in [1.165, 1.54) is 33.7 Å². The average molecular weight is 1290 g/mol. The van der Waals surface area contributed by atoms with E-state index < -0.39 is 206 Å². The molecule has 28 heteroatoms. The van der Waals surface area contributed by atoms with E-state index in [4.69, 9.17) is 0 Å². The Hall–Kier alpha value is -10.2. The van der Waals surface area contributed by atoms with E-state index in [1.54, 1.807) is 0 Å². The van der Waals surface area contributed by atoms with Crippen molar-refractivity contribution < 1.29 is 87.8 Å². The van der Waals surface area contributed by atoms with Gasteiger partial charge in [0.1, 0.15) is 0 Å². The quantitative estimate of drug-likeness (QED) is 0.0987. The zero-order chi connectivity index (χ0) is 63.8. The van der Waals surface area contributed by atoms with Crippen LogP contribution in [0.3, 0.4) is 0 Å². The number of aromatic nitrogens is 6. The second-order valence-electron chi connectivity index (χ2n) is 19.5. The van der Waals surface area contributed by atoms with Crippen LogP contribution in [-0.4, -0.2) is 29.9 Å². The fourth-order valence-corrected chi connectivity index (χ4v) is 11.8. The first-order chi connectivity index (χ1) is 43.0. The Balaban J connectivity index is 1.28. The molecule has 6 nitrogen and oxygen atoms in total. The van der Waals surface area contributed by atoms with E-state index in [2.05, 4.69) is 29.9 Å². The van der Waals surface area contributed by atoms with Gasteiger partial charge in [0.15, 0.2) is 93.1 Å². The monoisotopic (exact) mass is 1290 g/mol. The second-order valence-corrected chi connectivity index (χ2v) is 21.0. The molecule has 9 aromatic rings. The van der Waals surface area contributed by atoms with Gasteiger partial charge in [0.2, 0.25) is 23.3 Å². The van der Waals surface area contributed by atoms with E-state index in [-0.39, 0.29) is 44.7 Å². The van der Waals surface area contributed by atoms with Crippen molar-refractivity contribution in [3.8, 4) is 66.8 Å². The van der Waals surface area contributed by atoms with Gasteiger partial charge in [-0.05, 0) is 118 Å². The Morgan fingerprint density at radius 1 is 0.211 bits per heavy atom. The first-order valence-electron chi connectivity index (χ1n) is 25.3. The van der Waals surface area contributed by atoms with Gasteiger partial charge in [-0.15, -0.1) is 0 Å². The number of H-pyrrole nitrogens is 2. The Morgan fingerprint density at radius 2 is 0.400 bits per heavy atom. The lowest BCUT2D eigenvalue weighted by Crippen LogP contribution is -2.06. The van der Waals surface area contributed by atoms with Gasteiger partial charge in [-0.3, -0.25) is 0 Å². The van der Waals surface area contributed by atoms with Crippen molar-refractivity contribution in [2.45, 2.75) is 0 Å². The summed E-state index contributed by atoms with van der Waals surface area (Å²) in [6.07, 6.45) is 7.28. The number of thiophene rings is 2. The van der Waals surface area contributed by atoms with Crippen molar-refractivity contribution in [2.75, 3.05) is 0 Å². The van der Waals surface area contributed by atoms with Crippen LogP contribution in [-0.2, 0) is 0 Å². The van der Waals surface area contributed by atoms with Crippen LogP contribution in [0.2, 0.25) is 0 Å². The third kappa shape index (κ3) is 8.99. The fourth-order valence-electron chi connectivity index (χ4n) is 10.5. The van der Waals surface area contributed by atoms with Crippen molar-refractivity contribution in [3.63, 3.8) is 0 Å². The van der Waals surface area contributed by atoms with Gasteiger partial charge in [-0.1, -0.05) is 0 Å². The molecule has 0 radical (unpaired) electrons. The van der Waals surface area contributed by atoms with Crippen LogP contribution in [0.4, 0.5) is 87.8 Å². The standard InChI is InChI=1S/C62H20F20N6S2/c63-43-39(44(64)52(72)59(79)51(43)71)35-25-5-1-21(83-25)33(19-13-15-89-17-19)22-2-6-26(84-22)36(40-45(65)53(73)60(80)54(74)46(40)66)31-11-12-32(88-31)38(42-49(69)57(77)62(82)58(78)50(42)70)28-8-4-24(86-28)34(20-14-16-90-18-20)23-3-7-27(85-23)37(30-10-9-29(35)87-30)41-47(67)55(75)61(81)56(76)48(41)68/h1-18,83,86H. The molecule has 9 heterocycles. The molecule has 0 aliphatic carbocycles. The first-order valence-corrected chi connectivity index (χ1v) is 27.2. The molecular weight excluding hydrogens is 1270 g/mol. The molecule has 4 aliphatic heterocycles. The van der Waals surface area contributed by atoms with Crippen LogP contribution < -0.4 is 0 Å². The summed E-state index contributed by atoms with van der Waals surface area (Å²) in [5.41, 5.74) is -18.1. The molecule has 13 rings (SSSR count). The van der Waals surface area contributed by atoms with Crippen molar-refractivity contribution in [1.29, 1.82) is 0 Å². The maximum Gasteiger partial charge on any atom is 0.200 e. The number of rotatable bonds is 6. The highest BCUT2D eigenvalue weighted by molar-refractivity contribution is 7.08. The summed E-state index contributed by atoms with van der Waals surface area (Å²) in [5.74, 6) is -50.4. The van der Waals surface area contributed by atoms with Gasteiger partial charge in [0.25, 0.3) is 0 Å². The predicted octanol–water partition coefficient (Wildman–Crippen LogP) is 19.6. The number of halogens is 20. The molecule has 0 atom stereocenters. The third-order valence-corrected chi connectivity index (χ3v) is 15.9. The molecule has 4 aliphatic rings. The molecule has 0 spiro atoms. The number of benzene rings is 4. The Kier molecular flexibility index (Phi) is 14.3. The molecule has 0 unspecified atom stereocenters. The molecule has 12 bridgehead atoms. The zero-order valence-electron chi connectivity index (χ0n) is 43.6. The minimum atomic E-state index is -2.63. The minimum absolute atomic E-state index is 0.132. The van der Waals surface area contributed by atoms with E-state index in [0.29, 0.717) is 0 Å². The van der Waals surface area contributed by atoms with Crippen LogP contribution in [0.1, 0.15) is 45.6 Å². The van der Waals surface area contributed by atoms with Crippen LogP contribution in [0, 0.1) is 116 Å². The number of fused-ring (bicyclic) bond motifs is 12. The smallest absolute Gasteiger partial charge is 0.200 e. The van der Waals surface area contributed by atoms with E-state index in [0.717, 1.165) is 95.5 Å². The molecule has 5 aromatic heterocycles. The maximum atomic E-state index is 16.4. The van der Waals surface area contributed by atoms with Gasteiger partial charge in [-0.25, -0.2) is 108 Å². The predicted molar refractivity (Wildman–Crippen MR) is 295 cm³/mol. The molecule has 0 saturated heterocycles.